The number of benzene rings is 2. The quantitative estimate of drug-likeness (QED) is 0.584. The van der Waals surface area contributed by atoms with Crippen LogP contribution in [0.25, 0.3) is 0 Å². The molecule has 0 aromatic heterocycles. The monoisotopic (exact) mass is 448 g/mol. The van der Waals surface area contributed by atoms with Crippen molar-refractivity contribution in [2.75, 3.05) is 0 Å². The van der Waals surface area contributed by atoms with Crippen LogP contribution in [0.3, 0.4) is 0 Å². The normalized spacial score (nSPS) is 14.1. The Bertz CT molecular complexity index is 968. The number of rotatable bonds is 8. The first-order valence-corrected chi connectivity index (χ1v) is 10.8. The van der Waals surface area contributed by atoms with Gasteiger partial charge in [0, 0.05) is 17.6 Å². The Balaban J connectivity index is 2.09. The molecule has 2 N–H and O–H groups in total. The fourth-order valence-corrected chi connectivity index (χ4v) is 3.22. The molecule has 2 rings (SSSR count). The van der Waals surface area contributed by atoms with Crippen LogP contribution in [0.15, 0.2) is 30.3 Å². The van der Waals surface area contributed by atoms with E-state index in [0.29, 0.717) is 11.1 Å². The van der Waals surface area contributed by atoms with E-state index in [1.807, 2.05) is 20.8 Å². The number of carbonyl (C=O) groups excluding carboxylic acids is 2. The molecule has 7 heteroatoms. The van der Waals surface area contributed by atoms with Crippen molar-refractivity contribution in [2.45, 2.75) is 60.0 Å². The highest BCUT2D eigenvalue weighted by molar-refractivity contribution is 5.96. The van der Waals surface area contributed by atoms with Gasteiger partial charge in [-0.15, -0.1) is 0 Å². The first-order valence-electron chi connectivity index (χ1n) is 10.8. The van der Waals surface area contributed by atoms with Crippen molar-refractivity contribution in [2.24, 2.45) is 11.8 Å². The maximum absolute atomic E-state index is 14.6. The minimum Gasteiger partial charge on any atom is -0.349 e. The molecule has 0 aliphatic carbocycles. The largest absolute Gasteiger partial charge is 0.349 e. The van der Waals surface area contributed by atoms with Crippen molar-refractivity contribution in [3.63, 3.8) is 0 Å². The van der Waals surface area contributed by atoms with E-state index < -0.39 is 34.8 Å². The summed E-state index contributed by atoms with van der Waals surface area (Å²) in [6.07, 6.45) is 0.279. The molecule has 0 aliphatic rings. The standard InChI is InChI=1S/C25H31F3N2O2/c1-13(2)16(5)29-25(32)23-21(27)10-18(11-22(23)28)9-15(4)17(6)30-24(31)20-12-19(26)8-7-14(20)3/h7-8,10-13,15-17H,9H2,1-6H3,(H,29,32)(H,30,31). The van der Waals surface area contributed by atoms with Gasteiger partial charge in [-0.3, -0.25) is 9.59 Å². The summed E-state index contributed by atoms with van der Waals surface area (Å²) < 4.78 is 42.6. The van der Waals surface area contributed by atoms with Crippen molar-refractivity contribution in [3.05, 3.63) is 70.0 Å². The number of aryl methyl sites for hydroxylation is 1. The predicted octanol–water partition coefficient (Wildman–Crippen LogP) is 5.18. The van der Waals surface area contributed by atoms with Gasteiger partial charge in [-0.1, -0.05) is 26.8 Å². The first kappa shape index (κ1) is 25.4. The minimum absolute atomic E-state index is 0.123. The van der Waals surface area contributed by atoms with Crippen molar-refractivity contribution in [1.29, 1.82) is 0 Å². The number of nitrogens with one attached hydrogen (secondary N) is 2. The zero-order chi connectivity index (χ0) is 24.2. The molecule has 2 amide bonds. The van der Waals surface area contributed by atoms with E-state index in [4.69, 9.17) is 0 Å². The Hall–Kier alpha value is -2.83. The van der Waals surface area contributed by atoms with Gasteiger partial charge < -0.3 is 10.6 Å². The summed E-state index contributed by atoms with van der Waals surface area (Å²) in [6, 6.07) is 5.73. The van der Waals surface area contributed by atoms with Crippen molar-refractivity contribution >= 4 is 11.8 Å². The van der Waals surface area contributed by atoms with Gasteiger partial charge in [-0.2, -0.15) is 0 Å². The third kappa shape index (κ3) is 6.34. The van der Waals surface area contributed by atoms with Crippen LogP contribution in [0.4, 0.5) is 13.2 Å². The lowest BCUT2D eigenvalue weighted by Gasteiger charge is -2.22. The molecule has 3 unspecified atom stereocenters. The van der Waals surface area contributed by atoms with Gasteiger partial charge in [0.2, 0.25) is 0 Å². The van der Waals surface area contributed by atoms with Crippen LogP contribution in [0.2, 0.25) is 0 Å². The Morgan fingerprint density at radius 1 is 0.844 bits per heavy atom. The smallest absolute Gasteiger partial charge is 0.257 e. The van der Waals surface area contributed by atoms with Crippen molar-refractivity contribution in [3.8, 4) is 0 Å². The molecule has 2 aromatic carbocycles. The molecule has 0 saturated heterocycles. The predicted molar refractivity (Wildman–Crippen MR) is 119 cm³/mol. The minimum atomic E-state index is -0.923. The average molecular weight is 449 g/mol. The molecular formula is C25H31F3N2O2. The molecule has 0 aliphatic heterocycles. The molecule has 0 heterocycles. The third-order valence-electron chi connectivity index (χ3n) is 5.90. The molecule has 0 saturated carbocycles. The van der Waals surface area contributed by atoms with Crippen LogP contribution in [-0.2, 0) is 6.42 Å². The Morgan fingerprint density at radius 3 is 1.97 bits per heavy atom. The summed E-state index contributed by atoms with van der Waals surface area (Å²) in [7, 11) is 0. The van der Waals surface area contributed by atoms with Gasteiger partial charge in [0.05, 0.1) is 0 Å². The Labute approximate surface area is 187 Å². The summed E-state index contributed by atoms with van der Waals surface area (Å²) in [6.45, 7) is 10.9. The van der Waals surface area contributed by atoms with Gasteiger partial charge in [0.1, 0.15) is 23.0 Å². The SMILES string of the molecule is Cc1ccc(F)cc1C(=O)NC(C)C(C)Cc1cc(F)c(C(=O)NC(C)C(C)C)c(F)c1. The first-order chi connectivity index (χ1) is 14.9. The van der Waals surface area contributed by atoms with E-state index in [9.17, 15) is 22.8 Å². The molecule has 0 fully saturated rings. The molecule has 2 aromatic rings. The third-order valence-corrected chi connectivity index (χ3v) is 5.90. The maximum atomic E-state index is 14.6. The molecule has 3 atom stereocenters. The van der Waals surface area contributed by atoms with Gasteiger partial charge in [-0.25, -0.2) is 13.2 Å². The van der Waals surface area contributed by atoms with E-state index in [0.717, 1.165) is 12.1 Å². The van der Waals surface area contributed by atoms with E-state index in [1.54, 1.807) is 20.8 Å². The highest BCUT2D eigenvalue weighted by Crippen LogP contribution is 2.20. The topological polar surface area (TPSA) is 58.2 Å². The number of halogens is 3. The van der Waals surface area contributed by atoms with Gasteiger partial charge >= 0.3 is 0 Å². The summed E-state index contributed by atoms with van der Waals surface area (Å²) in [5.41, 5.74) is 0.668. The molecule has 0 bridgehead atoms. The van der Waals surface area contributed by atoms with Crippen LogP contribution < -0.4 is 10.6 Å². The van der Waals surface area contributed by atoms with Crippen LogP contribution in [0, 0.1) is 36.2 Å². The molecule has 0 radical (unpaired) electrons. The average Bonchev–Trinajstić information content (AvgIpc) is 2.68. The lowest BCUT2D eigenvalue weighted by atomic mass is 9.93. The highest BCUT2D eigenvalue weighted by atomic mass is 19.1. The highest BCUT2D eigenvalue weighted by Gasteiger charge is 2.23. The fraction of sp³-hybridized carbons (Fsp3) is 0.440. The maximum Gasteiger partial charge on any atom is 0.257 e. The van der Waals surface area contributed by atoms with Crippen molar-refractivity contribution < 1.29 is 22.8 Å². The zero-order valence-corrected chi connectivity index (χ0v) is 19.4. The fourth-order valence-electron chi connectivity index (χ4n) is 3.22. The molecule has 174 valence electrons. The molecule has 32 heavy (non-hydrogen) atoms. The van der Waals surface area contributed by atoms with E-state index in [2.05, 4.69) is 10.6 Å². The number of amides is 2. The van der Waals surface area contributed by atoms with Crippen LogP contribution in [-0.4, -0.2) is 23.9 Å². The molecular weight excluding hydrogens is 417 g/mol. The van der Waals surface area contributed by atoms with Gasteiger partial charge in [0.15, 0.2) is 0 Å². The Kier molecular flexibility index (Phi) is 8.47. The van der Waals surface area contributed by atoms with Gasteiger partial charge in [-0.05, 0) is 74.4 Å². The second-order valence-electron chi connectivity index (χ2n) is 8.84. The lowest BCUT2D eigenvalue weighted by Crippen LogP contribution is -2.38. The Morgan fingerprint density at radius 2 is 1.41 bits per heavy atom. The van der Waals surface area contributed by atoms with Crippen LogP contribution in [0.1, 0.15) is 66.5 Å². The second kappa shape index (κ2) is 10.7. The summed E-state index contributed by atoms with van der Waals surface area (Å²) in [4.78, 5) is 24.8. The number of hydrogen-bond acceptors (Lipinski definition) is 2. The lowest BCUT2D eigenvalue weighted by molar-refractivity contribution is 0.0914. The summed E-state index contributed by atoms with van der Waals surface area (Å²) in [5.74, 6) is -3.60. The van der Waals surface area contributed by atoms with Crippen LogP contribution >= 0.6 is 0 Å². The van der Waals surface area contributed by atoms with E-state index in [-0.39, 0.29) is 35.9 Å². The van der Waals surface area contributed by atoms with E-state index >= 15 is 0 Å². The molecule has 4 nitrogen and oxygen atoms in total. The summed E-state index contributed by atoms with van der Waals surface area (Å²) >= 11 is 0. The number of hydrogen-bond donors (Lipinski definition) is 2. The number of carbonyl (C=O) groups is 2. The van der Waals surface area contributed by atoms with E-state index in [1.165, 1.54) is 18.2 Å². The second-order valence-corrected chi connectivity index (χ2v) is 8.84. The van der Waals surface area contributed by atoms with Crippen LogP contribution in [0.5, 0.6) is 0 Å². The molecule has 0 spiro atoms. The summed E-state index contributed by atoms with van der Waals surface area (Å²) in [5, 5.41) is 5.43. The van der Waals surface area contributed by atoms with Gasteiger partial charge in [0.25, 0.3) is 11.8 Å². The zero-order valence-electron chi connectivity index (χ0n) is 19.4. The van der Waals surface area contributed by atoms with Crippen molar-refractivity contribution in [1.82, 2.24) is 10.6 Å².